The molecule has 0 atom stereocenters. The number of nitrogens with one attached hydrogen (secondary N) is 1. The third-order valence-electron chi connectivity index (χ3n) is 2.88. The molecule has 0 fully saturated rings. The van der Waals surface area contributed by atoms with E-state index in [1.54, 1.807) is 0 Å². The largest absolute Gasteiger partial charge is 0.434 e. The topological polar surface area (TPSA) is 55.0 Å². The molecular formula is C15H17ClN2O2. The summed E-state index contributed by atoms with van der Waals surface area (Å²) < 4.78 is 5.66. The molecule has 0 saturated heterocycles. The van der Waals surface area contributed by atoms with Gasteiger partial charge in [0.25, 0.3) is 5.88 Å². The van der Waals surface area contributed by atoms with Crippen LogP contribution < -0.4 is 10.2 Å². The van der Waals surface area contributed by atoms with Crippen LogP contribution in [0, 0.1) is 6.92 Å². The Bertz CT molecular complexity index is 687. The van der Waals surface area contributed by atoms with Gasteiger partial charge in [-0.3, -0.25) is 9.89 Å². The van der Waals surface area contributed by atoms with Gasteiger partial charge in [0.1, 0.15) is 10.9 Å². The molecule has 0 amide bonds. The first-order valence-corrected chi connectivity index (χ1v) is 6.69. The van der Waals surface area contributed by atoms with Gasteiger partial charge in [0, 0.05) is 11.6 Å². The summed E-state index contributed by atoms with van der Waals surface area (Å²) in [5.41, 5.74) is 1.71. The number of aromatic nitrogens is 2. The van der Waals surface area contributed by atoms with Crippen LogP contribution in [0.25, 0.3) is 0 Å². The number of hydrogen-bond donors (Lipinski definition) is 1. The maximum absolute atomic E-state index is 11.8. The molecule has 0 spiro atoms. The summed E-state index contributed by atoms with van der Waals surface area (Å²) in [6.45, 7) is 8.29. The summed E-state index contributed by atoms with van der Waals surface area (Å²) in [7, 11) is 0. The van der Waals surface area contributed by atoms with E-state index in [0.29, 0.717) is 5.75 Å². The van der Waals surface area contributed by atoms with E-state index in [1.807, 2.05) is 19.1 Å². The maximum Gasteiger partial charge on any atom is 0.285 e. The predicted molar refractivity (Wildman–Crippen MR) is 79.8 cm³/mol. The molecule has 1 aromatic carbocycles. The SMILES string of the molecule is Cc1ccc(Oc2n[nH]c(Cl)cc2=O)c(C(C)(C)C)c1. The van der Waals surface area contributed by atoms with Crippen molar-refractivity contribution >= 4 is 11.6 Å². The van der Waals surface area contributed by atoms with Crippen molar-refractivity contribution in [3.05, 3.63) is 50.8 Å². The highest BCUT2D eigenvalue weighted by atomic mass is 35.5. The molecule has 1 N–H and O–H groups in total. The number of aryl methyl sites for hydroxylation is 1. The first-order chi connectivity index (χ1) is 9.27. The van der Waals surface area contributed by atoms with Crippen molar-refractivity contribution in [1.29, 1.82) is 0 Å². The lowest BCUT2D eigenvalue weighted by molar-refractivity contribution is 0.429. The van der Waals surface area contributed by atoms with Crippen LogP contribution in [0.4, 0.5) is 0 Å². The molecule has 106 valence electrons. The van der Waals surface area contributed by atoms with Crippen LogP contribution >= 0.6 is 11.6 Å². The first-order valence-electron chi connectivity index (χ1n) is 6.31. The van der Waals surface area contributed by atoms with Gasteiger partial charge in [0.2, 0.25) is 5.43 Å². The maximum atomic E-state index is 11.8. The molecule has 0 bridgehead atoms. The van der Waals surface area contributed by atoms with Gasteiger partial charge in [0.05, 0.1) is 0 Å². The van der Waals surface area contributed by atoms with Crippen LogP contribution in [0.3, 0.4) is 0 Å². The van der Waals surface area contributed by atoms with Gasteiger partial charge in [-0.25, -0.2) is 0 Å². The number of ether oxygens (including phenoxy) is 1. The van der Waals surface area contributed by atoms with Crippen molar-refractivity contribution in [1.82, 2.24) is 10.2 Å². The van der Waals surface area contributed by atoms with E-state index in [4.69, 9.17) is 16.3 Å². The van der Waals surface area contributed by atoms with Crippen molar-refractivity contribution in [2.45, 2.75) is 33.1 Å². The Hall–Kier alpha value is -1.81. The van der Waals surface area contributed by atoms with Crippen LogP contribution in [-0.4, -0.2) is 10.2 Å². The highest BCUT2D eigenvalue weighted by Crippen LogP contribution is 2.33. The summed E-state index contributed by atoms with van der Waals surface area (Å²) in [6.07, 6.45) is 0. The fourth-order valence-corrected chi connectivity index (χ4v) is 2.01. The lowest BCUT2D eigenvalue weighted by atomic mass is 9.85. The molecule has 20 heavy (non-hydrogen) atoms. The molecule has 1 aromatic heterocycles. The van der Waals surface area contributed by atoms with Gasteiger partial charge in [0.15, 0.2) is 0 Å². The van der Waals surface area contributed by atoms with Crippen LogP contribution in [0.2, 0.25) is 5.15 Å². The van der Waals surface area contributed by atoms with E-state index in [2.05, 4.69) is 37.0 Å². The van der Waals surface area contributed by atoms with Gasteiger partial charge < -0.3 is 4.74 Å². The van der Waals surface area contributed by atoms with Gasteiger partial charge in [-0.1, -0.05) is 50.1 Å². The van der Waals surface area contributed by atoms with Gasteiger partial charge >= 0.3 is 0 Å². The van der Waals surface area contributed by atoms with Crippen molar-refractivity contribution in [3.63, 3.8) is 0 Å². The molecule has 0 unspecified atom stereocenters. The smallest absolute Gasteiger partial charge is 0.285 e. The number of H-pyrrole nitrogens is 1. The number of benzene rings is 1. The Morgan fingerprint density at radius 3 is 2.55 bits per heavy atom. The Kier molecular flexibility index (Phi) is 3.86. The number of nitrogens with zero attached hydrogens (tertiary/aromatic N) is 1. The van der Waals surface area contributed by atoms with Crippen LogP contribution in [-0.2, 0) is 5.41 Å². The molecule has 5 heteroatoms. The lowest BCUT2D eigenvalue weighted by Crippen LogP contribution is -2.14. The predicted octanol–water partition coefficient (Wildman–Crippen LogP) is 3.82. The van der Waals surface area contributed by atoms with E-state index in [1.165, 1.54) is 6.07 Å². The third kappa shape index (κ3) is 3.20. The van der Waals surface area contributed by atoms with E-state index in [9.17, 15) is 4.79 Å². The van der Waals surface area contributed by atoms with Crippen molar-refractivity contribution in [2.24, 2.45) is 0 Å². The lowest BCUT2D eigenvalue weighted by Gasteiger charge is -2.22. The van der Waals surface area contributed by atoms with Gasteiger partial charge in [-0.05, 0) is 18.4 Å². The molecule has 2 aromatic rings. The molecule has 0 aliphatic rings. The monoisotopic (exact) mass is 292 g/mol. The molecular weight excluding hydrogens is 276 g/mol. The molecule has 4 nitrogen and oxygen atoms in total. The number of aromatic amines is 1. The van der Waals surface area contributed by atoms with Crippen LogP contribution in [0.5, 0.6) is 11.6 Å². The minimum atomic E-state index is -0.353. The first kappa shape index (κ1) is 14.6. The zero-order chi connectivity index (χ0) is 14.9. The minimum Gasteiger partial charge on any atom is -0.434 e. The molecule has 2 rings (SSSR count). The molecule has 0 aliphatic carbocycles. The Morgan fingerprint density at radius 1 is 1.25 bits per heavy atom. The fraction of sp³-hybridized carbons (Fsp3) is 0.333. The number of hydrogen-bond acceptors (Lipinski definition) is 3. The second-order valence-electron chi connectivity index (χ2n) is 5.74. The zero-order valence-electron chi connectivity index (χ0n) is 12.0. The standard InChI is InChI=1S/C15H17ClN2O2/c1-9-5-6-12(10(7-9)15(2,3)4)20-14-11(19)8-13(16)17-18-14/h5-8H,1-4H3,(H,17,19). The summed E-state index contributed by atoms with van der Waals surface area (Å²) in [5, 5.41) is 6.53. The van der Waals surface area contributed by atoms with E-state index >= 15 is 0 Å². The second kappa shape index (κ2) is 5.29. The Morgan fingerprint density at radius 2 is 1.95 bits per heavy atom. The van der Waals surface area contributed by atoms with Crippen molar-refractivity contribution in [3.8, 4) is 11.6 Å². The van der Waals surface area contributed by atoms with Crippen molar-refractivity contribution in [2.75, 3.05) is 0 Å². The van der Waals surface area contributed by atoms with Crippen molar-refractivity contribution < 1.29 is 4.74 Å². The highest BCUT2D eigenvalue weighted by Gasteiger charge is 2.20. The number of rotatable bonds is 2. The molecule has 1 heterocycles. The average molecular weight is 293 g/mol. The summed E-state index contributed by atoms with van der Waals surface area (Å²) in [4.78, 5) is 11.8. The van der Waals surface area contributed by atoms with Crippen LogP contribution in [0.15, 0.2) is 29.1 Å². The average Bonchev–Trinajstić information content (AvgIpc) is 2.33. The Labute approximate surface area is 122 Å². The molecule has 0 saturated carbocycles. The molecule has 0 radical (unpaired) electrons. The zero-order valence-corrected chi connectivity index (χ0v) is 12.7. The summed E-state index contributed by atoms with van der Waals surface area (Å²) in [6, 6.07) is 7.09. The highest BCUT2D eigenvalue weighted by molar-refractivity contribution is 6.29. The van der Waals surface area contributed by atoms with Crippen LogP contribution in [0.1, 0.15) is 31.9 Å². The quantitative estimate of drug-likeness (QED) is 0.915. The summed E-state index contributed by atoms with van der Waals surface area (Å²) in [5.74, 6) is 0.618. The molecule has 0 aliphatic heterocycles. The van der Waals surface area contributed by atoms with Gasteiger partial charge in [-0.15, -0.1) is 5.10 Å². The third-order valence-corrected chi connectivity index (χ3v) is 3.08. The normalized spacial score (nSPS) is 11.4. The minimum absolute atomic E-state index is 0.0104. The van der Waals surface area contributed by atoms with E-state index in [-0.39, 0.29) is 21.9 Å². The summed E-state index contributed by atoms with van der Waals surface area (Å²) >= 11 is 5.67. The van der Waals surface area contributed by atoms with E-state index in [0.717, 1.165) is 11.1 Å². The number of halogens is 1. The van der Waals surface area contributed by atoms with Gasteiger partial charge in [-0.2, -0.15) is 0 Å². The Balaban J connectivity index is 2.46. The second-order valence-corrected chi connectivity index (χ2v) is 6.14. The van der Waals surface area contributed by atoms with E-state index < -0.39 is 0 Å². The fourth-order valence-electron chi connectivity index (χ4n) is 1.86.